The summed E-state index contributed by atoms with van der Waals surface area (Å²) in [5, 5.41) is 17.7. The molecule has 3 aromatic rings. The maximum atomic E-state index is 10.3. The monoisotopic (exact) mass is 380 g/mol. The standard InChI is InChI=1S/C21H17ClN2O3/c1-12-4-6-18(25)14(9-12)16-11-17-15-10-13(22)5-7-19(15)27-21(24(17)23-16)20-3-2-8-26-20/h2-10,17,21,25H,11H2,1H3/t17-,21+/m0/s1. The normalized spacial score (nSPS) is 20.7. The van der Waals surface area contributed by atoms with Crippen LogP contribution in [0.25, 0.3) is 0 Å². The predicted octanol–water partition coefficient (Wildman–Crippen LogP) is 5.19. The zero-order chi connectivity index (χ0) is 18.5. The van der Waals surface area contributed by atoms with Gasteiger partial charge in [-0.3, -0.25) is 0 Å². The van der Waals surface area contributed by atoms with Gasteiger partial charge >= 0.3 is 0 Å². The van der Waals surface area contributed by atoms with Crippen molar-refractivity contribution < 1.29 is 14.3 Å². The molecule has 6 heteroatoms. The minimum absolute atomic E-state index is 0.0440. The molecule has 5 nitrogen and oxygen atoms in total. The molecule has 0 unspecified atom stereocenters. The third kappa shape index (κ3) is 2.66. The van der Waals surface area contributed by atoms with Crippen LogP contribution in [-0.4, -0.2) is 15.8 Å². The van der Waals surface area contributed by atoms with Gasteiger partial charge in [0.25, 0.3) is 0 Å². The van der Waals surface area contributed by atoms with E-state index < -0.39 is 6.23 Å². The predicted molar refractivity (Wildman–Crippen MR) is 102 cm³/mol. The number of furan rings is 1. The van der Waals surface area contributed by atoms with E-state index in [0.29, 0.717) is 17.2 Å². The molecule has 1 aromatic heterocycles. The number of benzene rings is 2. The SMILES string of the molecule is Cc1ccc(O)c(C2=NN3[C@@H](c4ccco4)Oc4ccc(Cl)cc4[C@@H]3C2)c1. The first-order valence-corrected chi connectivity index (χ1v) is 9.13. The second kappa shape index (κ2) is 6.06. The summed E-state index contributed by atoms with van der Waals surface area (Å²) < 4.78 is 11.8. The number of nitrogens with zero attached hydrogens (tertiary/aromatic N) is 2. The first kappa shape index (κ1) is 16.3. The Hall–Kier alpha value is -2.92. The number of aryl methyl sites for hydroxylation is 1. The van der Waals surface area contributed by atoms with Gasteiger partial charge in [0.15, 0.2) is 5.76 Å². The van der Waals surface area contributed by atoms with E-state index in [1.165, 1.54) is 0 Å². The summed E-state index contributed by atoms with van der Waals surface area (Å²) in [7, 11) is 0. The highest BCUT2D eigenvalue weighted by Crippen LogP contribution is 2.48. The van der Waals surface area contributed by atoms with Crippen molar-refractivity contribution in [3.8, 4) is 11.5 Å². The molecular weight excluding hydrogens is 364 g/mol. The van der Waals surface area contributed by atoms with E-state index in [4.69, 9.17) is 25.9 Å². The third-order valence-electron chi connectivity index (χ3n) is 5.00. The minimum atomic E-state index is -0.469. The van der Waals surface area contributed by atoms with E-state index in [9.17, 15) is 5.11 Å². The van der Waals surface area contributed by atoms with E-state index >= 15 is 0 Å². The summed E-state index contributed by atoms with van der Waals surface area (Å²) in [5.41, 5.74) is 3.61. The molecule has 0 saturated carbocycles. The van der Waals surface area contributed by atoms with Crippen LogP contribution >= 0.6 is 11.6 Å². The van der Waals surface area contributed by atoms with Crippen molar-refractivity contribution in [1.29, 1.82) is 0 Å². The number of aromatic hydroxyl groups is 1. The van der Waals surface area contributed by atoms with Gasteiger partial charge in [0.05, 0.1) is 18.0 Å². The molecule has 0 spiro atoms. The van der Waals surface area contributed by atoms with E-state index in [0.717, 1.165) is 28.2 Å². The van der Waals surface area contributed by atoms with Crippen molar-refractivity contribution >= 4 is 17.3 Å². The molecule has 5 rings (SSSR count). The molecule has 2 aliphatic heterocycles. The Kier molecular flexibility index (Phi) is 3.65. The molecule has 0 saturated heterocycles. The second-order valence-electron chi connectivity index (χ2n) is 6.84. The Labute approximate surface area is 161 Å². The van der Waals surface area contributed by atoms with Crippen LogP contribution in [0.15, 0.2) is 64.3 Å². The molecule has 0 bridgehead atoms. The second-order valence-corrected chi connectivity index (χ2v) is 7.27. The molecule has 0 fully saturated rings. The van der Waals surface area contributed by atoms with E-state index in [1.807, 2.05) is 54.4 Å². The minimum Gasteiger partial charge on any atom is -0.507 e. The summed E-state index contributed by atoms with van der Waals surface area (Å²) in [6, 6.07) is 14.8. The number of halogens is 1. The highest BCUT2D eigenvalue weighted by Gasteiger charge is 2.42. The van der Waals surface area contributed by atoms with Gasteiger partial charge in [0, 0.05) is 22.6 Å². The van der Waals surface area contributed by atoms with Gasteiger partial charge in [-0.1, -0.05) is 23.2 Å². The zero-order valence-electron chi connectivity index (χ0n) is 14.6. The van der Waals surface area contributed by atoms with E-state index in [2.05, 4.69) is 0 Å². The lowest BCUT2D eigenvalue weighted by atomic mass is 9.95. The Morgan fingerprint density at radius 1 is 1.19 bits per heavy atom. The topological polar surface area (TPSA) is 58.2 Å². The Morgan fingerprint density at radius 2 is 2.07 bits per heavy atom. The third-order valence-corrected chi connectivity index (χ3v) is 5.24. The fourth-order valence-corrected chi connectivity index (χ4v) is 3.90. The summed E-state index contributed by atoms with van der Waals surface area (Å²) in [5.74, 6) is 1.67. The highest BCUT2D eigenvalue weighted by atomic mass is 35.5. The zero-order valence-corrected chi connectivity index (χ0v) is 15.3. The van der Waals surface area contributed by atoms with Crippen LogP contribution in [0.3, 0.4) is 0 Å². The molecule has 0 aliphatic carbocycles. The van der Waals surface area contributed by atoms with Crippen LogP contribution in [0, 0.1) is 6.92 Å². The van der Waals surface area contributed by atoms with Crippen LogP contribution in [0.1, 0.15) is 41.1 Å². The summed E-state index contributed by atoms with van der Waals surface area (Å²) in [6.45, 7) is 2.00. The number of phenols is 1. The van der Waals surface area contributed by atoms with E-state index in [-0.39, 0.29) is 11.8 Å². The number of hydrogen-bond donors (Lipinski definition) is 1. The van der Waals surface area contributed by atoms with Crippen LogP contribution in [-0.2, 0) is 0 Å². The fourth-order valence-electron chi connectivity index (χ4n) is 3.72. The van der Waals surface area contributed by atoms with Gasteiger partial charge in [-0.05, 0) is 49.4 Å². The van der Waals surface area contributed by atoms with Gasteiger partial charge in [-0.2, -0.15) is 5.10 Å². The average Bonchev–Trinajstić information content (AvgIpc) is 3.33. The maximum Gasteiger partial charge on any atom is 0.246 e. The molecule has 136 valence electrons. The van der Waals surface area contributed by atoms with Gasteiger partial charge in [0.2, 0.25) is 6.23 Å². The first-order chi connectivity index (χ1) is 13.1. The van der Waals surface area contributed by atoms with Gasteiger partial charge in [-0.15, -0.1) is 0 Å². The van der Waals surface area contributed by atoms with Crippen LogP contribution in [0.2, 0.25) is 5.02 Å². The number of ether oxygens (including phenoxy) is 1. The average molecular weight is 381 g/mol. The number of hydrogen-bond acceptors (Lipinski definition) is 5. The molecule has 2 atom stereocenters. The molecular formula is C21H17ClN2O3. The molecule has 2 aliphatic rings. The van der Waals surface area contributed by atoms with Crippen molar-refractivity contribution in [2.75, 3.05) is 0 Å². The summed E-state index contributed by atoms with van der Waals surface area (Å²) in [4.78, 5) is 0. The fraction of sp³-hybridized carbons (Fsp3) is 0.190. The van der Waals surface area contributed by atoms with Crippen molar-refractivity contribution in [1.82, 2.24) is 5.01 Å². The van der Waals surface area contributed by atoms with Gasteiger partial charge in [-0.25, -0.2) is 5.01 Å². The highest BCUT2D eigenvalue weighted by molar-refractivity contribution is 6.30. The van der Waals surface area contributed by atoms with Crippen LogP contribution in [0.5, 0.6) is 11.5 Å². The Morgan fingerprint density at radius 3 is 2.89 bits per heavy atom. The lowest BCUT2D eigenvalue weighted by Crippen LogP contribution is -2.33. The lowest BCUT2D eigenvalue weighted by Gasteiger charge is -2.36. The maximum absolute atomic E-state index is 10.3. The molecule has 3 heterocycles. The number of hydrazone groups is 1. The molecule has 27 heavy (non-hydrogen) atoms. The molecule has 1 N–H and O–H groups in total. The smallest absolute Gasteiger partial charge is 0.246 e. The van der Waals surface area contributed by atoms with Crippen LogP contribution < -0.4 is 4.74 Å². The quantitative estimate of drug-likeness (QED) is 0.664. The van der Waals surface area contributed by atoms with Gasteiger partial charge in [0.1, 0.15) is 11.5 Å². The van der Waals surface area contributed by atoms with Crippen molar-refractivity contribution in [2.24, 2.45) is 5.10 Å². The molecule has 0 amide bonds. The Bertz CT molecular complexity index is 1050. The number of phenolic OH excluding ortho intramolecular Hbond substituents is 1. The summed E-state index contributed by atoms with van der Waals surface area (Å²) in [6.07, 6.45) is 1.80. The largest absolute Gasteiger partial charge is 0.507 e. The van der Waals surface area contributed by atoms with Crippen LogP contribution in [0.4, 0.5) is 0 Å². The van der Waals surface area contributed by atoms with Crippen molar-refractivity contribution in [3.63, 3.8) is 0 Å². The number of fused-ring (bicyclic) bond motifs is 3. The summed E-state index contributed by atoms with van der Waals surface area (Å²) >= 11 is 6.23. The molecule has 0 radical (unpaired) electrons. The van der Waals surface area contributed by atoms with E-state index in [1.54, 1.807) is 12.3 Å². The first-order valence-electron chi connectivity index (χ1n) is 8.75. The number of rotatable bonds is 2. The van der Waals surface area contributed by atoms with Crippen molar-refractivity contribution in [3.05, 3.63) is 82.3 Å². The van der Waals surface area contributed by atoms with Gasteiger partial charge < -0.3 is 14.3 Å². The molecule has 2 aromatic carbocycles. The lowest BCUT2D eigenvalue weighted by molar-refractivity contribution is -0.0325. The Balaban J connectivity index is 1.63. The van der Waals surface area contributed by atoms with Crippen molar-refractivity contribution in [2.45, 2.75) is 25.6 Å².